The van der Waals surface area contributed by atoms with Gasteiger partial charge in [-0.1, -0.05) is 71.7 Å². The van der Waals surface area contributed by atoms with Gasteiger partial charge in [-0.25, -0.2) is 0 Å². The van der Waals surface area contributed by atoms with E-state index in [4.69, 9.17) is 32.7 Å². The molecule has 0 saturated carbocycles. The van der Waals surface area contributed by atoms with Crippen LogP contribution < -0.4 is 14.8 Å². The van der Waals surface area contributed by atoms with Gasteiger partial charge in [-0.05, 0) is 49.2 Å². The summed E-state index contributed by atoms with van der Waals surface area (Å²) < 4.78 is 11.1. The standard InChI is InChI=1S/C28H30Cl2N2O4/c1-19(2)31-28(34)24(15-20-9-5-4-6-10-20)32(17-21-13-14-22(29)16-23(21)30)27(33)18-36-26-12-8-7-11-25(26)35-3/h4-14,16,19,24H,15,17-18H2,1-3H3,(H,31,34). The maximum absolute atomic E-state index is 13.6. The molecule has 0 aliphatic rings. The van der Waals surface area contributed by atoms with Crippen molar-refractivity contribution < 1.29 is 19.1 Å². The van der Waals surface area contributed by atoms with Gasteiger partial charge in [0.15, 0.2) is 18.1 Å². The number of nitrogens with zero attached hydrogens (tertiary/aromatic N) is 1. The number of para-hydroxylation sites is 2. The van der Waals surface area contributed by atoms with Crippen molar-refractivity contribution in [2.75, 3.05) is 13.7 Å². The molecule has 0 aliphatic carbocycles. The summed E-state index contributed by atoms with van der Waals surface area (Å²) in [5, 5.41) is 3.85. The fourth-order valence-electron chi connectivity index (χ4n) is 3.73. The Hall–Kier alpha value is -3.22. The summed E-state index contributed by atoms with van der Waals surface area (Å²) >= 11 is 12.5. The lowest BCUT2D eigenvalue weighted by molar-refractivity contribution is -0.143. The minimum Gasteiger partial charge on any atom is -0.493 e. The molecule has 0 aliphatic heterocycles. The van der Waals surface area contributed by atoms with Crippen LogP contribution in [0.5, 0.6) is 11.5 Å². The summed E-state index contributed by atoms with van der Waals surface area (Å²) in [4.78, 5) is 28.5. The van der Waals surface area contributed by atoms with Crippen LogP contribution in [0.1, 0.15) is 25.0 Å². The Morgan fingerprint density at radius 1 is 0.944 bits per heavy atom. The van der Waals surface area contributed by atoms with E-state index in [9.17, 15) is 9.59 Å². The van der Waals surface area contributed by atoms with Gasteiger partial charge in [-0.3, -0.25) is 9.59 Å². The van der Waals surface area contributed by atoms with Gasteiger partial charge in [-0.15, -0.1) is 0 Å². The highest BCUT2D eigenvalue weighted by Gasteiger charge is 2.31. The predicted octanol–water partition coefficient (Wildman–Crippen LogP) is 5.55. The van der Waals surface area contributed by atoms with Crippen molar-refractivity contribution in [3.05, 3.63) is 94.0 Å². The van der Waals surface area contributed by atoms with Crippen molar-refractivity contribution in [1.82, 2.24) is 10.2 Å². The van der Waals surface area contributed by atoms with Crippen LogP contribution >= 0.6 is 23.2 Å². The van der Waals surface area contributed by atoms with Gasteiger partial charge in [0.25, 0.3) is 5.91 Å². The van der Waals surface area contributed by atoms with Gasteiger partial charge in [0, 0.05) is 29.1 Å². The number of hydrogen-bond acceptors (Lipinski definition) is 4. The summed E-state index contributed by atoms with van der Waals surface area (Å²) in [7, 11) is 1.53. The van der Waals surface area contributed by atoms with Gasteiger partial charge in [-0.2, -0.15) is 0 Å². The molecule has 0 spiro atoms. The Bertz CT molecular complexity index is 1170. The van der Waals surface area contributed by atoms with Crippen LogP contribution in [0.25, 0.3) is 0 Å². The molecule has 0 heterocycles. The van der Waals surface area contributed by atoms with Crippen molar-refractivity contribution in [3.63, 3.8) is 0 Å². The number of nitrogens with one attached hydrogen (secondary N) is 1. The lowest BCUT2D eigenvalue weighted by Gasteiger charge is -2.32. The molecule has 190 valence electrons. The van der Waals surface area contributed by atoms with E-state index in [1.807, 2.05) is 50.2 Å². The second-order valence-corrected chi connectivity index (χ2v) is 9.41. The number of carbonyl (C=O) groups is 2. The SMILES string of the molecule is COc1ccccc1OCC(=O)N(Cc1ccc(Cl)cc1Cl)C(Cc1ccccc1)C(=O)NC(C)C. The van der Waals surface area contributed by atoms with E-state index in [1.165, 1.54) is 12.0 Å². The van der Waals surface area contributed by atoms with E-state index in [-0.39, 0.29) is 31.0 Å². The number of amides is 2. The molecule has 1 N–H and O–H groups in total. The molecule has 1 atom stereocenters. The zero-order valence-corrected chi connectivity index (χ0v) is 22.1. The molecule has 0 aromatic heterocycles. The Morgan fingerprint density at radius 3 is 2.25 bits per heavy atom. The van der Waals surface area contributed by atoms with E-state index < -0.39 is 6.04 Å². The molecular weight excluding hydrogens is 499 g/mol. The van der Waals surface area contributed by atoms with Crippen molar-refractivity contribution in [2.24, 2.45) is 0 Å². The highest BCUT2D eigenvalue weighted by molar-refractivity contribution is 6.35. The molecule has 6 nitrogen and oxygen atoms in total. The van der Waals surface area contributed by atoms with E-state index >= 15 is 0 Å². The molecule has 3 aromatic rings. The van der Waals surface area contributed by atoms with Crippen LogP contribution in [-0.4, -0.2) is 42.5 Å². The number of carbonyl (C=O) groups excluding carboxylic acids is 2. The van der Waals surface area contributed by atoms with E-state index in [0.29, 0.717) is 33.5 Å². The second-order valence-electron chi connectivity index (χ2n) is 8.57. The molecule has 0 saturated heterocycles. The lowest BCUT2D eigenvalue weighted by Crippen LogP contribution is -2.52. The van der Waals surface area contributed by atoms with Gasteiger partial charge >= 0.3 is 0 Å². The Labute approximate surface area is 222 Å². The highest BCUT2D eigenvalue weighted by Crippen LogP contribution is 2.27. The molecule has 3 rings (SSSR count). The van der Waals surface area contributed by atoms with Crippen LogP contribution in [0.15, 0.2) is 72.8 Å². The summed E-state index contributed by atoms with van der Waals surface area (Å²) in [5.74, 6) is 0.316. The summed E-state index contributed by atoms with van der Waals surface area (Å²) in [6.45, 7) is 3.58. The molecule has 2 amide bonds. The molecule has 0 fully saturated rings. The van der Waals surface area contributed by atoms with Crippen LogP contribution in [0.2, 0.25) is 10.0 Å². The van der Waals surface area contributed by atoms with Gasteiger partial charge in [0.2, 0.25) is 5.91 Å². The number of hydrogen-bond donors (Lipinski definition) is 1. The van der Waals surface area contributed by atoms with E-state index in [1.54, 1.807) is 36.4 Å². The monoisotopic (exact) mass is 528 g/mol. The van der Waals surface area contributed by atoms with E-state index in [2.05, 4.69) is 5.32 Å². The lowest BCUT2D eigenvalue weighted by atomic mass is 10.0. The van der Waals surface area contributed by atoms with Gasteiger partial charge < -0.3 is 19.7 Å². The zero-order valence-electron chi connectivity index (χ0n) is 20.5. The topological polar surface area (TPSA) is 67.9 Å². The first-order chi connectivity index (χ1) is 17.3. The van der Waals surface area contributed by atoms with Gasteiger partial charge in [0.1, 0.15) is 6.04 Å². The third kappa shape index (κ3) is 7.64. The Morgan fingerprint density at radius 2 is 1.61 bits per heavy atom. The molecule has 36 heavy (non-hydrogen) atoms. The third-order valence-corrected chi connectivity index (χ3v) is 6.06. The quantitative estimate of drug-likeness (QED) is 0.354. The molecule has 3 aromatic carbocycles. The van der Waals surface area contributed by atoms with Crippen molar-refractivity contribution in [1.29, 1.82) is 0 Å². The number of halogens is 2. The molecule has 8 heteroatoms. The Kier molecular flexibility index (Phi) is 10.0. The molecule has 0 radical (unpaired) electrons. The van der Waals surface area contributed by atoms with Crippen LogP contribution in [0.3, 0.4) is 0 Å². The normalized spacial score (nSPS) is 11.6. The highest BCUT2D eigenvalue weighted by atomic mass is 35.5. The molecule has 1 unspecified atom stereocenters. The summed E-state index contributed by atoms with van der Waals surface area (Å²) in [6, 6.07) is 20.8. The number of benzene rings is 3. The van der Waals surface area contributed by atoms with Crippen molar-refractivity contribution in [2.45, 2.75) is 38.9 Å². The number of rotatable bonds is 11. The fraction of sp³-hybridized carbons (Fsp3) is 0.286. The average molecular weight is 529 g/mol. The first-order valence-corrected chi connectivity index (χ1v) is 12.4. The summed E-state index contributed by atoms with van der Waals surface area (Å²) in [5.41, 5.74) is 1.59. The Balaban J connectivity index is 1.95. The minimum absolute atomic E-state index is 0.100. The van der Waals surface area contributed by atoms with Crippen molar-refractivity contribution >= 4 is 35.0 Å². The largest absolute Gasteiger partial charge is 0.493 e. The summed E-state index contributed by atoms with van der Waals surface area (Å²) in [6.07, 6.45) is 0.324. The maximum atomic E-state index is 13.6. The van der Waals surface area contributed by atoms with Crippen LogP contribution in [0, 0.1) is 0 Å². The maximum Gasteiger partial charge on any atom is 0.261 e. The molecular formula is C28H30Cl2N2O4. The zero-order chi connectivity index (χ0) is 26.1. The first kappa shape index (κ1) is 27.4. The van der Waals surface area contributed by atoms with Gasteiger partial charge in [0.05, 0.1) is 7.11 Å². The molecule has 0 bridgehead atoms. The first-order valence-electron chi connectivity index (χ1n) is 11.6. The second kappa shape index (κ2) is 13.2. The fourth-order valence-corrected chi connectivity index (χ4v) is 4.20. The smallest absolute Gasteiger partial charge is 0.261 e. The minimum atomic E-state index is -0.796. The number of methoxy groups -OCH3 is 1. The van der Waals surface area contributed by atoms with Crippen LogP contribution in [0.4, 0.5) is 0 Å². The third-order valence-electron chi connectivity index (χ3n) is 5.48. The van der Waals surface area contributed by atoms with Crippen LogP contribution in [-0.2, 0) is 22.6 Å². The van der Waals surface area contributed by atoms with E-state index in [0.717, 1.165) is 5.56 Å². The average Bonchev–Trinajstić information content (AvgIpc) is 2.86. The van der Waals surface area contributed by atoms with Crippen molar-refractivity contribution in [3.8, 4) is 11.5 Å². The predicted molar refractivity (Wildman–Crippen MR) is 143 cm³/mol. The number of ether oxygens (including phenoxy) is 2.